The van der Waals surface area contributed by atoms with E-state index in [2.05, 4.69) is 0 Å². The lowest BCUT2D eigenvalue weighted by Gasteiger charge is -2.36. The van der Waals surface area contributed by atoms with Crippen LogP contribution in [0.1, 0.15) is 20.8 Å². The molecule has 0 spiro atoms. The summed E-state index contributed by atoms with van der Waals surface area (Å²) in [5, 5.41) is 37.6. The summed E-state index contributed by atoms with van der Waals surface area (Å²) in [6, 6.07) is 0. The molecule has 0 saturated carbocycles. The fraction of sp³-hybridized carbons (Fsp3) is 1.00. The van der Waals surface area contributed by atoms with Gasteiger partial charge in [-0.05, 0) is 20.8 Å². The van der Waals surface area contributed by atoms with E-state index >= 15 is 0 Å². The molecule has 0 bridgehead atoms. The van der Waals surface area contributed by atoms with Gasteiger partial charge in [0.15, 0.2) is 0 Å². The number of rotatable bonds is 3. The maximum atomic E-state index is 9.80. The minimum absolute atomic E-state index is 0.451. The highest BCUT2D eigenvalue weighted by Crippen LogP contribution is 2.35. The van der Waals surface area contributed by atoms with Crippen LogP contribution >= 0.6 is 0 Å². The predicted molar refractivity (Wildman–Crippen MR) is 54.6 cm³/mol. The van der Waals surface area contributed by atoms with Crippen LogP contribution in [-0.2, 0) is 9.47 Å². The Labute approximate surface area is 94.4 Å². The SMILES string of the molecule is CC(C)(C)O[C@]1(CO)O[C@H](CO)[C@@H](O)[C@H]1O. The molecular weight excluding hydrogens is 216 g/mol. The van der Waals surface area contributed by atoms with E-state index in [1.807, 2.05) is 0 Å². The first-order valence-electron chi connectivity index (χ1n) is 5.21. The van der Waals surface area contributed by atoms with Crippen molar-refractivity contribution in [2.45, 2.75) is 50.5 Å². The molecule has 6 nitrogen and oxygen atoms in total. The van der Waals surface area contributed by atoms with Crippen molar-refractivity contribution in [2.75, 3.05) is 13.2 Å². The molecule has 1 aliphatic rings. The molecule has 0 aromatic heterocycles. The average Bonchev–Trinajstić information content (AvgIpc) is 2.41. The van der Waals surface area contributed by atoms with Gasteiger partial charge in [-0.15, -0.1) is 0 Å². The van der Waals surface area contributed by atoms with Gasteiger partial charge in [-0.3, -0.25) is 0 Å². The first-order valence-corrected chi connectivity index (χ1v) is 5.21. The Morgan fingerprint density at radius 2 is 1.81 bits per heavy atom. The van der Waals surface area contributed by atoms with Crippen LogP contribution in [0.4, 0.5) is 0 Å². The van der Waals surface area contributed by atoms with Crippen molar-refractivity contribution in [2.24, 2.45) is 0 Å². The fourth-order valence-electron chi connectivity index (χ4n) is 1.77. The molecule has 0 amide bonds. The highest BCUT2D eigenvalue weighted by atomic mass is 16.7. The van der Waals surface area contributed by atoms with E-state index in [0.717, 1.165) is 0 Å². The maximum Gasteiger partial charge on any atom is 0.222 e. The Morgan fingerprint density at radius 1 is 1.25 bits per heavy atom. The summed E-state index contributed by atoms with van der Waals surface area (Å²) < 4.78 is 10.7. The predicted octanol–water partition coefficient (Wildman–Crippen LogP) is -1.40. The van der Waals surface area contributed by atoms with Crippen molar-refractivity contribution in [3.8, 4) is 0 Å². The number of hydrogen-bond donors (Lipinski definition) is 4. The largest absolute Gasteiger partial charge is 0.394 e. The molecule has 1 heterocycles. The minimum Gasteiger partial charge on any atom is -0.394 e. The monoisotopic (exact) mass is 236 g/mol. The van der Waals surface area contributed by atoms with Gasteiger partial charge in [-0.1, -0.05) is 0 Å². The van der Waals surface area contributed by atoms with E-state index in [1.165, 1.54) is 0 Å². The smallest absolute Gasteiger partial charge is 0.222 e. The Kier molecular flexibility index (Phi) is 3.94. The third-order valence-electron chi connectivity index (χ3n) is 2.39. The molecule has 16 heavy (non-hydrogen) atoms. The fourth-order valence-corrected chi connectivity index (χ4v) is 1.77. The molecular formula is C10H20O6. The van der Waals surface area contributed by atoms with Crippen molar-refractivity contribution in [3.63, 3.8) is 0 Å². The molecule has 6 heteroatoms. The number of hydrogen-bond acceptors (Lipinski definition) is 6. The summed E-state index contributed by atoms with van der Waals surface area (Å²) in [6.07, 6.45) is -3.63. The van der Waals surface area contributed by atoms with E-state index in [0.29, 0.717) is 0 Å². The van der Waals surface area contributed by atoms with E-state index < -0.39 is 42.9 Å². The van der Waals surface area contributed by atoms with Crippen LogP contribution in [0, 0.1) is 0 Å². The van der Waals surface area contributed by atoms with Crippen LogP contribution in [-0.4, -0.2) is 63.3 Å². The first kappa shape index (κ1) is 13.8. The van der Waals surface area contributed by atoms with Crippen molar-refractivity contribution in [1.82, 2.24) is 0 Å². The molecule has 0 aromatic carbocycles. The summed E-state index contributed by atoms with van der Waals surface area (Å²) in [7, 11) is 0. The molecule has 96 valence electrons. The molecule has 1 fully saturated rings. The lowest BCUT2D eigenvalue weighted by atomic mass is 10.0. The quantitative estimate of drug-likeness (QED) is 0.481. The number of ether oxygens (including phenoxy) is 2. The Hall–Kier alpha value is -0.240. The Balaban J connectivity index is 2.89. The molecule has 0 aliphatic carbocycles. The van der Waals surface area contributed by atoms with Gasteiger partial charge >= 0.3 is 0 Å². The normalized spacial score (nSPS) is 40.3. The van der Waals surface area contributed by atoms with Crippen LogP contribution in [0.15, 0.2) is 0 Å². The van der Waals surface area contributed by atoms with Crippen molar-refractivity contribution in [3.05, 3.63) is 0 Å². The molecule has 1 saturated heterocycles. The second-order valence-corrected chi connectivity index (χ2v) is 4.96. The summed E-state index contributed by atoms with van der Waals surface area (Å²) >= 11 is 0. The van der Waals surface area contributed by atoms with Crippen molar-refractivity contribution in [1.29, 1.82) is 0 Å². The van der Waals surface area contributed by atoms with Crippen molar-refractivity contribution >= 4 is 0 Å². The van der Waals surface area contributed by atoms with Crippen molar-refractivity contribution < 1.29 is 29.9 Å². The lowest BCUT2D eigenvalue weighted by Crippen LogP contribution is -2.52. The molecule has 0 unspecified atom stereocenters. The first-order chi connectivity index (χ1) is 7.25. The van der Waals surface area contributed by atoms with Gasteiger partial charge in [0, 0.05) is 0 Å². The maximum absolute atomic E-state index is 9.80. The van der Waals surface area contributed by atoms with Gasteiger partial charge in [0.1, 0.15) is 24.9 Å². The van der Waals surface area contributed by atoms with E-state index in [9.17, 15) is 15.3 Å². The van der Waals surface area contributed by atoms with Gasteiger partial charge in [0.05, 0.1) is 12.2 Å². The van der Waals surface area contributed by atoms with E-state index in [4.69, 9.17) is 14.6 Å². The lowest BCUT2D eigenvalue weighted by molar-refractivity contribution is -0.310. The summed E-state index contributed by atoms with van der Waals surface area (Å²) in [5.41, 5.74) is -0.659. The Morgan fingerprint density at radius 3 is 2.12 bits per heavy atom. The van der Waals surface area contributed by atoms with Gasteiger partial charge in [-0.25, -0.2) is 0 Å². The topological polar surface area (TPSA) is 99.4 Å². The summed E-state index contributed by atoms with van der Waals surface area (Å²) in [4.78, 5) is 0. The highest BCUT2D eigenvalue weighted by Gasteiger charge is 2.56. The Bertz CT molecular complexity index is 238. The molecule has 4 N–H and O–H groups in total. The second-order valence-electron chi connectivity index (χ2n) is 4.96. The zero-order valence-corrected chi connectivity index (χ0v) is 9.75. The zero-order chi connectivity index (χ0) is 12.6. The van der Waals surface area contributed by atoms with Gasteiger partial charge in [0.2, 0.25) is 5.79 Å². The van der Waals surface area contributed by atoms with Crippen LogP contribution in [0.25, 0.3) is 0 Å². The molecule has 4 atom stereocenters. The van der Waals surface area contributed by atoms with Crippen LogP contribution < -0.4 is 0 Å². The second kappa shape index (κ2) is 4.56. The zero-order valence-electron chi connectivity index (χ0n) is 9.75. The number of aliphatic hydroxyl groups is 4. The van der Waals surface area contributed by atoms with Gasteiger partial charge in [-0.2, -0.15) is 0 Å². The van der Waals surface area contributed by atoms with Gasteiger partial charge in [0.25, 0.3) is 0 Å². The number of aliphatic hydroxyl groups excluding tert-OH is 4. The summed E-state index contributed by atoms with van der Waals surface area (Å²) in [6.45, 7) is 4.16. The minimum atomic E-state index is -1.68. The van der Waals surface area contributed by atoms with Gasteiger partial charge < -0.3 is 29.9 Å². The highest BCUT2D eigenvalue weighted by molar-refractivity contribution is 4.97. The molecule has 0 aromatic rings. The van der Waals surface area contributed by atoms with Crippen LogP contribution in [0.2, 0.25) is 0 Å². The van der Waals surface area contributed by atoms with Crippen LogP contribution in [0.5, 0.6) is 0 Å². The average molecular weight is 236 g/mol. The third kappa shape index (κ3) is 2.53. The molecule has 1 aliphatic heterocycles. The third-order valence-corrected chi connectivity index (χ3v) is 2.39. The standard InChI is InChI=1S/C10H20O6/c1-9(2,3)16-10(5-12)8(14)7(13)6(4-11)15-10/h6-8,11-14H,4-5H2,1-3H3/t6-,7-,8-,10+/m1/s1. The van der Waals surface area contributed by atoms with E-state index in [1.54, 1.807) is 20.8 Å². The van der Waals surface area contributed by atoms with Crippen LogP contribution in [0.3, 0.4) is 0 Å². The van der Waals surface area contributed by atoms with E-state index in [-0.39, 0.29) is 0 Å². The summed E-state index contributed by atoms with van der Waals surface area (Å²) in [5.74, 6) is -1.68. The molecule has 0 radical (unpaired) electrons. The molecule has 1 rings (SSSR count).